The van der Waals surface area contributed by atoms with Crippen LogP contribution in [-0.4, -0.2) is 37.2 Å². The lowest BCUT2D eigenvalue weighted by Crippen LogP contribution is -2.30. The Bertz CT molecular complexity index is 1450. The fourth-order valence-electron chi connectivity index (χ4n) is 10.0. The van der Waals surface area contributed by atoms with Crippen LogP contribution in [0.4, 0.5) is 0 Å². The van der Waals surface area contributed by atoms with Gasteiger partial charge in [0.2, 0.25) is 0 Å². The van der Waals surface area contributed by atoms with E-state index < -0.39 is 6.10 Å². The van der Waals surface area contributed by atoms with Crippen LogP contribution in [0.1, 0.15) is 355 Å². The number of unbranched alkanes of at least 4 members (excludes halogenated alkanes) is 40. The number of allylic oxidation sites excluding steroid dienone is 12. The third-order valence-electron chi connectivity index (χ3n) is 15.2. The zero-order valence-corrected chi connectivity index (χ0v) is 52.6. The standard InChI is InChI=1S/C73H130O6/c1-4-7-10-13-16-19-22-25-27-29-31-33-35-36-38-39-41-43-45-48-51-54-57-60-63-66-72(75)78-69-70(68-77-71(74)65-62-59-56-53-50-47-24-21-18-15-12-9-6-3)79-73(76)67-64-61-58-55-52-49-46-44-42-40-37-34-32-30-28-26-23-20-17-14-11-8-5-2/h9,12,18,21,23,26,29-32,47,50,70H,4-8,10-11,13-17,19-20,22,24-25,27-28,33-46,48-49,51-69H2,1-3H3/b12-9-,21-18-,26-23-,31-29-,32-30-,50-47-. The van der Waals surface area contributed by atoms with Gasteiger partial charge in [0, 0.05) is 19.3 Å². The highest BCUT2D eigenvalue weighted by Gasteiger charge is 2.19. The molecule has 0 aromatic rings. The van der Waals surface area contributed by atoms with E-state index in [0.717, 1.165) is 89.9 Å². The molecule has 458 valence electrons. The van der Waals surface area contributed by atoms with Crippen molar-refractivity contribution >= 4 is 17.9 Å². The Kier molecular flexibility index (Phi) is 64.7. The molecule has 0 aromatic carbocycles. The fraction of sp³-hybridized carbons (Fsp3) is 0.795. The maximum absolute atomic E-state index is 12.9. The zero-order chi connectivity index (χ0) is 57.1. The van der Waals surface area contributed by atoms with Crippen molar-refractivity contribution in [1.82, 2.24) is 0 Å². The molecule has 0 aliphatic rings. The van der Waals surface area contributed by atoms with E-state index in [1.807, 2.05) is 0 Å². The predicted molar refractivity (Wildman–Crippen MR) is 344 cm³/mol. The third kappa shape index (κ3) is 65.5. The lowest BCUT2D eigenvalue weighted by Gasteiger charge is -2.18. The zero-order valence-electron chi connectivity index (χ0n) is 52.6. The second-order valence-corrected chi connectivity index (χ2v) is 23.1. The first-order chi connectivity index (χ1) is 39.0. The summed E-state index contributed by atoms with van der Waals surface area (Å²) in [5.74, 6) is -0.899. The summed E-state index contributed by atoms with van der Waals surface area (Å²) in [6, 6.07) is 0. The van der Waals surface area contributed by atoms with Crippen LogP contribution in [0.25, 0.3) is 0 Å². The summed E-state index contributed by atoms with van der Waals surface area (Å²) in [4.78, 5) is 38.4. The molecule has 0 amide bonds. The first-order valence-corrected chi connectivity index (χ1v) is 34.4. The molecule has 0 aliphatic heterocycles. The SMILES string of the molecule is CC/C=C\C/C=C\C/C=C\CCCCCC(=O)OCC(COC(=O)CCCCCCCCCCCCCCC/C=C\CCCCCCCCCC)OC(=O)CCCCCCCCCCCCC/C=C\C/C=C\CCCCCCC. The molecule has 6 heteroatoms. The number of carbonyl (C=O) groups excluding carboxylic acids is 3. The van der Waals surface area contributed by atoms with Gasteiger partial charge in [-0.3, -0.25) is 14.4 Å². The first kappa shape index (κ1) is 75.8. The van der Waals surface area contributed by atoms with Crippen molar-refractivity contribution in [2.45, 2.75) is 361 Å². The van der Waals surface area contributed by atoms with Crippen LogP contribution in [-0.2, 0) is 28.6 Å². The van der Waals surface area contributed by atoms with Gasteiger partial charge in [0.25, 0.3) is 0 Å². The van der Waals surface area contributed by atoms with Gasteiger partial charge in [0.05, 0.1) is 0 Å². The molecule has 0 heterocycles. The Balaban J connectivity index is 4.28. The van der Waals surface area contributed by atoms with Gasteiger partial charge in [0.1, 0.15) is 13.2 Å². The second-order valence-electron chi connectivity index (χ2n) is 23.1. The summed E-state index contributed by atoms with van der Waals surface area (Å²) < 4.78 is 16.9. The van der Waals surface area contributed by atoms with Crippen LogP contribution in [0.2, 0.25) is 0 Å². The van der Waals surface area contributed by atoms with Gasteiger partial charge in [-0.1, -0.05) is 299 Å². The van der Waals surface area contributed by atoms with Gasteiger partial charge < -0.3 is 14.2 Å². The van der Waals surface area contributed by atoms with Crippen molar-refractivity contribution in [2.24, 2.45) is 0 Å². The smallest absolute Gasteiger partial charge is 0.306 e. The third-order valence-corrected chi connectivity index (χ3v) is 15.2. The normalized spacial score (nSPS) is 12.5. The summed E-state index contributed by atoms with van der Waals surface area (Å²) in [7, 11) is 0. The number of esters is 3. The van der Waals surface area contributed by atoms with E-state index >= 15 is 0 Å². The van der Waals surface area contributed by atoms with Gasteiger partial charge in [0.15, 0.2) is 6.10 Å². The van der Waals surface area contributed by atoms with Gasteiger partial charge >= 0.3 is 17.9 Å². The fourth-order valence-corrected chi connectivity index (χ4v) is 10.0. The van der Waals surface area contributed by atoms with E-state index in [4.69, 9.17) is 14.2 Å². The Morgan fingerprint density at radius 2 is 0.494 bits per heavy atom. The summed E-state index contributed by atoms with van der Waals surface area (Å²) in [6.45, 7) is 6.54. The molecule has 0 fully saturated rings. The average Bonchev–Trinajstić information content (AvgIpc) is 3.45. The lowest BCUT2D eigenvalue weighted by atomic mass is 10.0. The van der Waals surface area contributed by atoms with Crippen molar-refractivity contribution in [3.05, 3.63) is 72.9 Å². The van der Waals surface area contributed by atoms with E-state index in [1.54, 1.807) is 0 Å². The largest absolute Gasteiger partial charge is 0.462 e. The molecule has 0 radical (unpaired) electrons. The van der Waals surface area contributed by atoms with E-state index in [-0.39, 0.29) is 31.1 Å². The molecule has 0 N–H and O–H groups in total. The van der Waals surface area contributed by atoms with Gasteiger partial charge in [-0.2, -0.15) is 0 Å². The minimum absolute atomic E-state index is 0.0835. The highest BCUT2D eigenvalue weighted by Crippen LogP contribution is 2.17. The van der Waals surface area contributed by atoms with Crippen LogP contribution < -0.4 is 0 Å². The maximum Gasteiger partial charge on any atom is 0.306 e. The molecule has 0 aromatic heterocycles. The van der Waals surface area contributed by atoms with Crippen molar-refractivity contribution in [3.8, 4) is 0 Å². The Hall–Kier alpha value is -3.15. The molecule has 0 aliphatic carbocycles. The Morgan fingerprint density at radius 3 is 0.797 bits per heavy atom. The molecule has 0 bridgehead atoms. The van der Waals surface area contributed by atoms with Gasteiger partial charge in [-0.25, -0.2) is 0 Å². The number of ether oxygens (including phenoxy) is 3. The lowest BCUT2D eigenvalue weighted by molar-refractivity contribution is -0.167. The molecule has 0 spiro atoms. The summed E-state index contributed by atoms with van der Waals surface area (Å²) in [5, 5.41) is 0. The summed E-state index contributed by atoms with van der Waals surface area (Å²) in [5.41, 5.74) is 0. The second kappa shape index (κ2) is 67.4. The van der Waals surface area contributed by atoms with Crippen LogP contribution in [0, 0.1) is 0 Å². The molecule has 79 heavy (non-hydrogen) atoms. The topological polar surface area (TPSA) is 78.9 Å². The molecular weight excluding hydrogens is 973 g/mol. The molecule has 0 saturated carbocycles. The highest BCUT2D eigenvalue weighted by molar-refractivity contribution is 5.71. The highest BCUT2D eigenvalue weighted by atomic mass is 16.6. The van der Waals surface area contributed by atoms with Crippen LogP contribution in [0.3, 0.4) is 0 Å². The number of carbonyl (C=O) groups is 3. The van der Waals surface area contributed by atoms with Gasteiger partial charge in [-0.05, 0) is 109 Å². The minimum Gasteiger partial charge on any atom is -0.462 e. The number of hydrogen-bond donors (Lipinski definition) is 0. The van der Waals surface area contributed by atoms with E-state index in [9.17, 15) is 14.4 Å². The van der Waals surface area contributed by atoms with Gasteiger partial charge in [-0.15, -0.1) is 0 Å². The maximum atomic E-state index is 12.9. The van der Waals surface area contributed by atoms with Crippen LogP contribution in [0.5, 0.6) is 0 Å². The number of rotatable bonds is 63. The van der Waals surface area contributed by atoms with Crippen molar-refractivity contribution in [2.75, 3.05) is 13.2 Å². The van der Waals surface area contributed by atoms with Crippen molar-refractivity contribution in [1.29, 1.82) is 0 Å². The summed E-state index contributed by atoms with van der Waals surface area (Å²) >= 11 is 0. The molecule has 6 nitrogen and oxygen atoms in total. The van der Waals surface area contributed by atoms with E-state index in [1.165, 1.54) is 225 Å². The van der Waals surface area contributed by atoms with Crippen LogP contribution in [0.15, 0.2) is 72.9 Å². The van der Waals surface area contributed by atoms with Crippen molar-refractivity contribution < 1.29 is 28.6 Å². The first-order valence-electron chi connectivity index (χ1n) is 34.4. The molecular formula is C73H130O6. The molecule has 0 saturated heterocycles. The molecule has 1 atom stereocenters. The molecule has 0 rings (SSSR count). The molecule has 1 unspecified atom stereocenters. The van der Waals surface area contributed by atoms with E-state index in [2.05, 4.69) is 93.7 Å². The average molecular weight is 1100 g/mol. The number of hydrogen-bond acceptors (Lipinski definition) is 6. The van der Waals surface area contributed by atoms with E-state index in [0.29, 0.717) is 19.3 Å². The monoisotopic (exact) mass is 1100 g/mol. The predicted octanol–water partition coefficient (Wildman–Crippen LogP) is 23.7. The quantitative estimate of drug-likeness (QED) is 0.0261. The summed E-state index contributed by atoms with van der Waals surface area (Å²) in [6.07, 6.45) is 87.9. The Labute approximate surface area is 491 Å². The van der Waals surface area contributed by atoms with Crippen molar-refractivity contribution in [3.63, 3.8) is 0 Å². The Morgan fingerprint density at radius 1 is 0.266 bits per heavy atom. The minimum atomic E-state index is -0.790. The van der Waals surface area contributed by atoms with Crippen LogP contribution >= 0.6 is 0 Å².